The first-order chi connectivity index (χ1) is 7.27. The van der Waals surface area contributed by atoms with Gasteiger partial charge in [0, 0.05) is 6.54 Å². The standard InChI is InChI=1S/C9H13BrN4O/c10-7-8(13-5-14-9(7)15)12-4-6-1-2-11-3-6/h5-6,11H,1-4H2,(H2,12,13,14,15). The molecule has 1 aromatic heterocycles. The summed E-state index contributed by atoms with van der Waals surface area (Å²) in [5.74, 6) is 1.24. The Morgan fingerprint density at radius 3 is 3.27 bits per heavy atom. The Kier molecular flexibility index (Phi) is 3.37. The molecule has 0 amide bonds. The van der Waals surface area contributed by atoms with Crippen molar-refractivity contribution in [1.82, 2.24) is 15.3 Å². The summed E-state index contributed by atoms with van der Waals surface area (Å²) < 4.78 is 0.468. The fourth-order valence-corrected chi connectivity index (χ4v) is 1.99. The third-order valence-corrected chi connectivity index (χ3v) is 3.25. The first kappa shape index (κ1) is 10.6. The van der Waals surface area contributed by atoms with E-state index in [0.717, 1.165) is 19.6 Å². The van der Waals surface area contributed by atoms with E-state index in [2.05, 4.69) is 36.5 Å². The maximum Gasteiger partial charge on any atom is 0.267 e. The van der Waals surface area contributed by atoms with Crippen molar-refractivity contribution in [3.05, 3.63) is 21.2 Å². The van der Waals surface area contributed by atoms with Gasteiger partial charge in [0.2, 0.25) is 0 Å². The predicted octanol–water partition coefficient (Wildman–Crippen LogP) is 0.554. The number of anilines is 1. The highest BCUT2D eigenvalue weighted by Crippen LogP contribution is 2.15. The van der Waals surface area contributed by atoms with Crippen molar-refractivity contribution in [2.24, 2.45) is 5.92 Å². The first-order valence-electron chi connectivity index (χ1n) is 4.95. The smallest absolute Gasteiger partial charge is 0.267 e. The molecule has 0 spiro atoms. The van der Waals surface area contributed by atoms with Gasteiger partial charge in [-0.2, -0.15) is 0 Å². The van der Waals surface area contributed by atoms with Crippen LogP contribution in [0.15, 0.2) is 15.6 Å². The van der Waals surface area contributed by atoms with Crippen LogP contribution in [-0.2, 0) is 0 Å². The first-order valence-corrected chi connectivity index (χ1v) is 5.74. The van der Waals surface area contributed by atoms with E-state index in [-0.39, 0.29) is 5.56 Å². The molecule has 1 aliphatic rings. The van der Waals surface area contributed by atoms with Gasteiger partial charge in [-0.15, -0.1) is 0 Å². The number of rotatable bonds is 3. The molecular formula is C9H13BrN4O. The second-order valence-corrected chi connectivity index (χ2v) is 4.43. The van der Waals surface area contributed by atoms with Crippen molar-refractivity contribution in [1.29, 1.82) is 0 Å². The Labute approximate surface area is 95.8 Å². The van der Waals surface area contributed by atoms with Gasteiger partial charge in [-0.3, -0.25) is 4.79 Å². The van der Waals surface area contributed by atoms with Crippen LogP contribution < -0.4 is 16.2 Å². The van der Waals surface area contributed by atoms with E-state index in [1.165, 1.54) is 12.7 Å². The fraction of sp³-hybridized carbons (Fsp3) is 0.556. The lowest BCUT2D eigenvalue weighted by Crippen LogP contribution is -2.19. The van der Waals surface area contributed by atoms with E-state index in [9.17, 15) is 4.79 Å². The van der Waals surface area contributed by atoms with Gasteiger partial charge < -0.3 is 15.6 Å². The molecule has 1 saturated heterocycles. The van der Waals surface area contributed by atoms with Crippen molar-refractivity contribution >= 4 is 21.7 Å². The van der Waals surface area contributed by atoms with Crippen LogP contribution in [-0.4, -0.2) is 29.6 Å². The van der Waals surface area contributed by atoms with Crippen molar-refractivity contribution in [3.8, 4) is 0 Å². The summed E-state index contributed by atoms with van der Waals surface area (Å²) in [7, 11) is 0. The normalized spacial score (nSPS) is 20.5. The number of H-pyrrole nitrogens is 1. The predicted molar refractivity (Wildman–Crippen MR) is 62.0 cm³/mol. The Morgan fingerprint density at radius 2 is 2.53 bits per heavy atom. The van der Waals surface area contributed by atoms with Gasteiger partial charge in [0.15, 0.2) is 0 Å². The van der Waals surface area contributed by atoms with Crippen molar-refractivity contribution in [2.75, 3.05) is 25.0 Å². The molecule has 1 unspecified atom stereocenters. The molecular weight excluding hydrogens is 260 g/mol. The molecule has 82 valence electrons. The molecule has 6 heteroatoms. The SMILES string of the molecule is O=c1[nH]cnc(NCC2CCNC2)c1Br. The minimum atomic E-state index is -0.156. The van der Waals surface area contributed by atoms with Gasteiger partial charge >= 0.3 is 0 Å². The van der Waals surface area contributed by atoms with Gasteiger partial charge in [-0.1, -0.05) is 0 Å². The summed E-state index contributed by atoms with van der Waals surface area (Å²) in [5, 5.41) is 6.47. The number of nitrogens with one attached hydrogen (secondary N) is 3. The van der Waals surface area contributed by atoms with Gasteiger partial charge in [-0.05, 0) is 41.4 Å². The molecule has 0 radical (unpaired) electrons. The number of aromatic nitrogens is 2. The largest absolute Gasteiger partial charge is 0.369 e. The summed E-state index contributed by atoms with van der Waals surface area (Å²) in [6.07, 6.45) is 2.58. The van der Waals surface area contributed by atoms with E-state index in [1.54, 1.807) is 0 Å². The van der Waals surface area contributed by atoms with Gasteiger partial charge in [-0.25, -0.2) is 4.98 Å². The molecule has 15 heavy (non-hydrogen) atoms. The molecule has 2 heterocycles. The van der Waals surface area contributed by atoms with E-state index in [4.69, 9.17) is 0 Å². The fourth-order valence-electron chi connectivity index (χ4n) is 1.64. The monoisotopic (exact) mass is 272 g/mol. The molecule has 0 aromatic carbocycles. The van der Waals surface area contributed by atoms with Crippen LogP contribution in [0.25, 0.3) is 0 Å². The summed E-state index contributed by atoms with van der Waals surface area (Å²) in [6, 6.07) is 0. The quantitative estimate of drug-likeness (QED) is 0.752. The van der Waals surface area contributed by atoms with Gasteiger partial charge in [0.05, 0.1) is 6.33 Å². The molecule has 0 bridgehead atoms. The zero-order valence-corrected chi connectivity index (χ0v) is 9.80. The molecule has 0 aliphatic carbocycles. The highest BCUT2D eigenvalue weighted by Gasteiger charge is 2.14. The van der Waals surface area contributed by atoms with Crippen LogP contribution in [0, 0.1) is 5.92 Å². The third kappa shape index (κ3) is 2.57. The Hall–Kier alpha value is -0.880. The minimum Gasteiger partial charge on any atom is -0.369 e. The highest BCUT2D eigenvalue weighted by atomic mass is 79.9. The summed E-state index contributed by atoms with van der Waals surface area (Å²) in [5.41, 5.74) is -0.156. The van der Waals surface area contributed by atoms with Crippen LogP contribution in [0.4, 0.5) is 5.82 Å². The molecule has 5 nitrogen and oxygen atoms in total. The number of hydrogen-bond donors (Lipinski definition) is 3. The lowest BCUT2D eigenvalue weighted by molar-refractivity contribution is 0.614. The second-order valence-electron chi connectivity index (χ2n) is 3.63. The maximum atomic E-state index is 11.2. The van der Waals surface area contributed by atoms with Gasteiger partial charge in [0.1, 0.15) is 10.3 Å². The second kappa shape index (κ2) is 4.76. The van der Waals surface area contributed by atoms with Crippen LogP contribution >= 0.6 is 15.9 Å². The topological polar surface area (TPSA) is 69.8 Å². The molecule has 1 aliphatic heterocycles. The summed E-state index contributed by atoms with van der Waals surface area (Å²) in [6.45, 7) is 2.96. The van der Waals surface area contributed by atoms with Crippen LogP contribution in [0.3, 0.4) is 0 Å². The van der Waals surface area contributed by atoms with E-state index in [0.29, 0.717) is 16.2 Å². The maximum absolute atomic E-state index is 11.2. The molecule has 1 atom stereocenters. The zero-order chi connectivity index (χ0) is 10.7. The number of hydrogen-bond acceptors (Lipinski definition) is 4. The summed E-state index contributed by atoms with van der Waals surface area (Å²) >= 11 is 3.21. The lowest BCUT2D eigenvalue weighted by atomic mass is 10.1. The van der Waals surface area contributed by atoms with Crippen molar-refractivity contribution < 1.29 is 0 Å². The zero-order valence-electron chi connectivity index (χ0n) is 8.22. The van der Waals surface area contributed by atoms with Crippen LogP contribution in [0.1, 0.15) is 6.42 Å². The molecule has 1 aromatic rings. The summed E-state index contributed by atoms with van der Waals surface area (Å²) in [4.78, 5) is 17.8. The molecule has 3 N–H and O–H groups in total. The Balaban J connectivity index is 1.98. The minimum absolute atomic E-state index is 0.156. The molecule has 1 fully saturated rings. The average molecular weight is 273 g/mol. The van der Waals surface area contributed by atoms with Gasteiger partial charge in [0.25, 0.3) is 5.56 Å². The van der Waals surface area contributed by atoms with Crippen molar-refractivity contribution in [3.63, 3.8) is 0 Å². The van der Waals surface area contributed by atoms with Crippen LogP contribution in [0.2, 0.25) is 0 Å². The molecule has 2 rings (SSSR count). The highest BCUT2D eigenvalue weighted by molar-refractivity contribution is 9.10. The van der Waals surface area contributed by atoms with Crippen LogP contribution in [0.5, 0.6) is 0 Å². The van der Waals surface area contributed by atoms with Crippen molar-refractivity contribution in [2.45, 2.75) is 6.42 Å². The average Bonchev–Trinajstić information content (AvgIpc) is 2.73. The molecule has 0 saturated carbocycles. The third-order valence-electron chi connectivity index (χ3n) is 2.52. The van der Waals surface area contributed by atoms with E-state index >= 15 is 0 Å². The van der Waals surface area contributed by atoms with E-state index < -0.39 is 0 Å². The number of halogens is 1. The Bertz CT molecular complexity index is 386. The lowest BCUT2D eigenvalue weighted by Gasteiger charge is -2.10. The number of nitrogens with zero attached hydrogens (tertiary/aromatic N) is 1. The Morgan fingerprint density at radius 1 is 1.67 bits per heavy atom. The van der Waals surface area contributed by atoms with E-state index in [1.807, 2.05) is 0 Å². The number of aromatic amines is 1.